The quantitative estimate of drug-likeness (QED) is 0.640. The van der Waals surface area contributed by atoms with Crippen molar-refractivity contribution in [3.63, 3.8) is 0 Å². The van der Waals surface area contributed by atoms with E-state index in [0.717, 1.165) is 0 Å². The van der Waals surface area contributed by atoms with Crippen molar-refractivity contribution in [2.45, 2.75) is 32.4 Å². The van der Waals surface area contributed by atoms with Crippen molar-refractivity contribution >= 4 is 11.9 Å². The van der Waals surface area contributed by atoms with E-state index >= 15 is 0 Å². The number of carbonyl (C=O) groups excluding carboxylic acids is 2. The summed E-state index contributed by atoms with van der Waals surface area (Å²) in [4.78, 5) is 34.0. The second kappa shape index (κ2) is 8.91. The van der Waals surface area contributed by atoms with Crippen LogP contribution in [-0.2, 0) is 20.9 Å². The third-order valence-electron chi connectivity index (χ3n) is 2.70. The molecular weight excluding hydrogens is 276 g/mol. The maximum Gasteiger partial charge on any atom is 0.306 e. The molecule has 0 fully saturated rings. The first kappa shape index (κ1) is 16.9. The van der Waals surface area contributed by atoms with Crippen LogP contribution in [0.4, 0.5) is 0 Å². The number of hydrogen-bond acceptors (Lipinski definition) is 5. The lowest BCUT2D eigenvalue weighted by molar-refractivity contribution is -0.144. The van der Waals surface area contributed by atoms with Gasteiger partial charge in [-0.15, -0.1) is 0 Å². The van der Waals surface area contributed by atoms with Gasteiger partial charge in [-0.25, -0.2) is 0 Å². The summed E-state index contributed by atoms with van der Waals surface area (Å²) in [5.74, 6) is -0.772. The number of aliphatic hydroxyl groups is 1. The zero-order valence-corrected chi connectivity index (χ0v) is 11.9. The topological polar surface area (TPSA) is 97.6 Å². The highest BCUT2D eigenvalue weighted by molar-refractivity contribution is 5.81. The van der Waals surface area contributed by atoms with Gasteiger partial charge in [0.05, 0.1) is 25.7 Å². The van der Waals surface area contributed by atoms with Gasteiger partial charge in [-0.05, 0) is 13.0 Å². The minimum absolute atomic E-state index is 0.00785. The van der Waals surface area contributed by atoms with Gasteiger partial charge in [0.15, 0.2) is 0 Å². The number of aromatic nitrogens is 1. The number of amides is 1. The summed E-state index contributed by atoms with van der Waals surface area (Å²) in [6.07, 6.45) is 0.704. The van der Waals surface area contributed by atoms with Crippen LogP contribution in [0.2, 0.25) is 0 Å². The summed E-state index contributed by atoms with van der Waals surface area (Å²) in [5, 5.41) is 12.3. The predicted octanol–water partition coefficient (Wildman–Crippen LogP) is -0.331. The van der Waals surface area contributed by atoms with Crippen LogP contribution < -0.4 is 10.9 Å². The molecule has 0 aliphatic rings. The fourth-order valence-corrected chi connectivity index (χ4v) is 1.67. The van der Waals surface area contributed by atoms with Crippen molar-refractivity contribution in [2.75, 3.05) is 13.2 Å². The zero-order chi connectivity index (χ0) is 15.7. The number of carbonyl (C=O) groups is 2. The molecule has 0 saturated carbocycles. The number of nitrogens with zero attached hydrogens (tertiary/aromatic N) is 1. The molecule has 1 heterocycles. The largest absolute Gasteiger partial charge is 0.466 e. The highest BCUT2D eigenvalue weighted by Gasteiger charge is 2.10. The summed E-state index contributed by atoms with van der Waals surface area (Å²) in [5.41, 5.74) is -0.217. The van der Waals surface area contributed by atoms with Crippen LogP contribution >= 0.6 is 0 Å². The van der Waals surface area contributed by atoms with Crippen molar-refractivity contribution in [1.29, 1.82) is 0 Å². The standard InChI is InChI=1S/C14H20N2O5/c1-2-21-14(20)7-6-12(18)15-9-11(17)10-16-8-4-3-5-13(16)19/h3-5,8,11,17H,2,6-7,9-10H2,1H3,(H,15,18). The van der Waals surface area contributed by atoms with Crippen LogP contribution in [0.25, 0.3) is 0 Å². The lowest BCUT2D eigenvalue weighted by Crippen LogP contribution is -2.36. The van der Waals surface area contributed by atoms with Gasteiger partial charge in [0.25, 0.3) is 5.56 Å². The van der Waals surface area contributed by atoms with E-state index in [1.54, 1.807) is 25.3 Å². The van der Waals surface area contributed by atoms with Crippen LogP contribution in [0.1, 0.15) is 19.8 Å². The molecular formula is C14H20N2O5. The summed E-state index contributed by atoms with van der Waals surface area (Å²) >= 11 is 0. The second-order valence-electron chi connectivity index (χ2n) is 4.45. The Hall–Kier alpha value is -2.15. The van der Waals surface area contributed by atoms with E-state index in [1.807, 2.05) is 0 Å². The zero-order valence-electron chi connectivity index (χ0n) is 11.9. The Balaban J connectivity index is 2.28. The Morgan fingerprint density at radius 1 is 1.38 bits per heavy atom. The van der Waals surface area contributed by atoms with Crippen LogP contribution in [-0.4, -0.2) is 40.8 Å². The molecule has 0 aromatic carbocycles. The first-order valence-electron chi connectivity index (χ1n) is 6.78. The lowest BCUT2D eigenvalue weighted by Gasteiger charge is -2.13. The lowest BCUT2D eigenvalue weighted by atomic mass is 10.2. The van der Waals surface area contributed by atoms with E-state index in [1.165, 1.54) is 10.6 Å². The average Bonchev–Trinajstić information content (AvgIpc) is 2.46. The average molecular weight is 296 g/mol. The molecule has 0 bridgehead atoms. The Kier molecular flexibility index (Phi) is 7.17. The van der Waals surface area contributed by atoms with Crippen molar-refractivity contribution in [3.05, 3.63) is 34.7 Å². The molecule has 0 aliphatic carbocycles. The molecule has 116 valence electrons. The van der Waals surface area contributed by atoms with Crippen LogP contribution in [0.5, 0.6) is 0 Å². The molecule has 0 spiro atoms. The Labute approximate surface area is 122 Å². The van der Waals surface area contributed by atoms with Gasteiger partial charge in [0.2, 0.25) is 5.91 Å². The monoisotopic (exact) mass is 296 g/mol. The fraction of sp³-hybridized carbons (Fsp3) is 0.500. The molecule has 1 aromatic heterocycles. The molecule has 7 nitrogen and oxygen atoms in total. The maximum absolute atomic E-state index is 11.5. The van der Waals surface area contributed by atoms with Gasteiger partial charge in [-0.2, -0.15) is 0 Å². The van der Waals surface area contributed by atoms with Crippen LogP contribution in [0.15, 0.2) is 29.2 Å². The molecule has 1 unspecified atom stereocenters. The Bertz CT molecular complexity index is 526. The number of nitrogens with one attached hydrogen (secondary N) is 1. The third kappa shape index (κ3) is 6.71. The van der Waals surface area contributed by atoms with E-state index in [0.29, 0.717) is 0 Å². The summed E-state index contributed by atoms with van der Waals surface area (Å²) in [6.45, 7) is 2.09. The SMILES string of the molecule is CCOC(=O)CCC(=O)NCC(O)Cn1ccccc1=O. The molecule has 1 amide bonds. The van der Waals surface area contributed by atoms with Crippen molar-refractivity contribution in [2.24, 2.45) is 0 Å². The minimum atomic E-state index is -0.878. The number of ether oxygens (including phenoxy) is 1. The molecule has 2 N–H and O–H groups in total. The van der Waals surface area contributed by atoms with Crippen LogP contribution in [0.3, 0.4) is 0 Å². The highest BCUT2D eigenvalue weighted by atomic mass is 16.5. The van der Waals surface area contributed by atoms with Crippen molar-refractivity contribution < 1.29 is 19.4 Å². The summed E-state index contributed by atoms with van der Waals surface area (Å²) < 4.78 is 6.06. The molecule has 0 aliphatic heterocycles. The third-order valence-corrected chi connectivity index (χ3v) is 2.70. The first-order valence-corrected chi connectivity index (χ1v) is 6.78. The molecule has 1 atom stereocenters. The van der Waals surface area contributed by atoms with Gasteiger partial charge in [-0.1, -0.05) is 6.07 Å². The number of pyridine rings is 1. The summed E-state index contributed by atoms with van der Waals surface area (Å²) in [6, 6.07) is 4.69. The van der Waals surface area contributed by atoms with E-state index in [4.69, 9.17) is 4.74 Å². The Morgan fingerprint density at radius 3 is 2.81 bits per heavy atom. The normalized spacial score (nSPS) is 11.7. The van der Waals surface area contributed by atoms with E-state index in [2.05, 4.69) is 5.32 Å². The minimum Gasteiger partial charge on any atom is -0.466 e. The fourth-order valence-electron chi connectivity index (χ4n) is 1.67. The number of esters is 1. The Morgan fingerprint density at radius 2 is 2.14 bits per heavy atom. The molecule has 0 radical (unpaired) electrons. The molecule has 0 saturated heterocycles. The van der Waals surface area contributed by atoms with Crippen molar-refractivity contribution in [1.82, 2.24) is 9.88 Å². The van der Waals surface area contributed by atoms with Crippen molar-refractivity contribution in [3.8, 4) is 0 Å². The van der Waals surface area contributed by atoms with Gasteiger partial charge in [0, 0.05) is 25.2 Å². The smallest absolute Gasteiger partial charge is 0.306 e. The predicted molar refractivity (Wildman–Crippen MR) is 75.6 cm³/mol. The van der Waals surface area contributed by atoms with Gasteiger partial charge in [0.1, 0.15) is 0 Å². The number of aliphatic hydroxyl groups excluding tert-OH is 1. The number of hydrogen-bond donors (Lipinski definition) is 2. The molecule has 1 rings (SSSR count). The first-order chi connectivity index (χ1) is 10.0. The van der Waals surface area contributed by atoms with E-state index in [9.17, 15) is 19.5 Å². The van der Waals surface area contributed by atoms with E-state index < -0.39 is 12.1 Å². The maximum atomic E-state index is 11.5. The summed E-state index contributed by atoms with van der Waals surface area (Å²) in [7, 11) is 0. The number of rotatable bonds is 8. The van der Waals surface area contributed by atoms with Gasteiger partial charge in [-0.3, -0.25) is 14.4 Å². The molecule has 1 aromatic rings. The molecule has 21 heavy (non-hydrogen) atoms. The van der Waals surface area contributed by atoms with Crippen LogP contribution in [0, 0.1) is 0 Å². The van der Waals surface area contributed by atoms with Gasteiger partial charge >= 0.3 is 5.97 Å². The highest BCUT2D eigenvalue weighted by Crippen LogP contribution is 1.94. The molecule has 7 heteroatoms. The second-order valence-corrected chi connectivity index (χ2v) is 4.45. The van der Waals surface area contributed by atoms with Gasteiger partial charge < -0.3 is 19.7 Å². The van der Waals surface area contributed by atoms with E-state index in [-0.39, 0.29) is 44.0 Å².